The molecular weight excluding hydrogens is 805 g/mol. The van der Waals surface area contributed by atoms with Gasteiger partial charge in [0.2, 0.25) is 0 Å². The van der Waals surface area contributed by atoms with Gasteiger partial charge in [-0.3, -0.25) is 0 Å². The summed E-state index contributed by atoms with van der Waals surface area (Å²) in [7, 11) is 0. The van der Waals surface area contributed by atoms with E-state index in [2.05, 4.69) is 228 Å². The first-order chi connectivity index (χ1) is 32.7. The van der Waals surface area contributed by atoms with Gasteiger partial charge in [0.1, 0.15) is 22.3 Å². The number of nitrogens with zero attached hydrogens (tertiary/aromatic N) is 2. The predicted octanol–water partition coefficient (Wildman–Crippen LogP) is 17.7. The second-order valence-corrected chi connectivity index (χ2v) is 16.9. The molecule has 0 bridgehead atoms. The van der Waals surface area contributed by atoms with Crippen molar-refractivity contribution in [2.75, 3.05) is 0 Å². The van der Waals surface area contributed by atoms with Crippen LogP contribution in [0.2, 0.25) is 0 Å². The lowest BCUT2D eigenvalue weighted by Crippen LogP contribution is -1.94. The Hall–Kier alpha value is -8.60. The van der Waals surface area contributed by atoms with E-state index in [-0.39, 0.29) is 0 Å². The van der Waals surface area contributed by atoms with Gasteiger partial charge in [0, 0.05) is 54.5 Å². The molecule has 66 heavy (non-hydrogen) atoms. The van der Waals surface area contributed by atoms with Crippen LogP contribution >= 0.6 is 0 Å². The highest BCUT2D eigenvalue weighted by Gasteiger charge is 2.19. The molecule has 0 N–H and O–H groups in total. The van der Waals surface area contributed by atoms with Crippen LogP contribution in [0.25, 0.3) is 132 Å². The van der Waals surface area contributed by atoms with Gasteiger partial charge < -0.3 is 18.0 Å². The van der Waals surface area contributed by atoms with Gasteiger partial charge in [0.05, 0.1) is 22.1 Å². The zero-order valence-corrected chi connectivity index (χ0v) is 36.5. The van der Waals surface area contributed by atoms with E-state index in [9.17, 15) is 0 Å². The van der Waals surface area contributed by atoms with Crippen LogP contribution in [0.5, 0.6) is 0 Å². The van der Waals surface area contributed by atoms with Crippen molar-refractivity contribution in [2.24, 2.45) is 0 Å². The summed E-state index contributed by atoms with van der Waals surface area (Å²) in [6.45, 7) is 4.00. The van der Waals surface area contributed by atoms with Crippen molar-refractivity contribution in [3.8, 4) is 44.8 Å². The van der Waals surface area contributed by atoms with Crippen LogP contribution in [0.4, 0.5) is 0 Å². The smallest absolute Gasteiger partial charge is 0.135 e. The van der Waals surface area contributed by atoms with Gasteiger partial charge in [-0.05, 0) is 130 Å². The fourth-order valence-electron chi connectivity index (χ4n) is 10.3. The third-order valence-electron chi connectivity index (χ3n) is 13.3. The Balaban J connectivity index is 0.00000215. The second-order valence-electron chi connectivity index (χ2n) is 16.9. The number of fused-ring (bicyclic) bond motifs is 12. The molecule has 4 heteroatoms. The number of benzene rings is 10. The highest BCUT2D eigenvalue weighted by molar-refractivity contribution is 6.14. The molecule has 4 aromatic heterocycles. The summed E-state index contributed by atoms with van der Waals surface area (Å²) in [5.74, 6) is 0. The molecule has 14 rings (SSSR count). The monoisotopic (exact) mass is 846 g/mol. The van der Waals surface area contributed by atoms with Crippen molar-refractivity contribution in [2.45, 2.75) is 13.8 Å². The van der Waals surface area contributed by atoms with Crippen molar-refractivity contribution < 1.29 is 8.83 Å². The van der Waals surface area contributed by atoms with Crippen molar-refractivity contribution in [3.05, 3.63) is 218 Å². The van der Waals surface area contributed by atoms with E-state index in [1.165, 1.54) is 66.0 Å². The molecule has 0 saturated heterocycles. The molecule has 0 atom stereocenters. The van der Waals surface area contributed by atoms with E-state index < -0.39 is 0 Å². The lowest BCUT2D eigenvalue weighted by Gasteiger charge is -2.10. The third-order valence-corrected chi connectivity index (χ3v) is 13.3. The summed E-state index contributed by atoms with van der Waals surface area (Å²) in [6.07, 6.45) is 0. The van der Waals surface area contributed by atoms with Crippen LogP contribution in [0.1, 0.15) is 13.8 Å². The van der Waals surface area contributed by atoms with Crippen molar-refractivity contribution in [3.63, 3.8) is 0 Å². The van der Waals surface area contributed by atoms with Gasteiger partial charge in [0.15, 0.2) is 0 Å². The zero-order chi connectivity index (χ0) is 43.9. The van der Waals surface area contributed by atoms with E-state index in [4.69, 9.17) is 8.83 Å². The molecule has 0 aliphatic heterocycles. The SMILES string of the molecule is CC.c1ccc(-c2ccc3oc4ccc(-n5c6ccccc6c6cc(-c7ccc8c(c7)c7ccccc7n8-c7ccc8oc9ccc(-c%10ccccc%10)cc9c8c7)ccc65)cc4c3c2)cc1. The van der Waals surface area contributed by atoms with Crippen LogP contribution in [0, 0.1) is 0 Å². The van der Waals surface area contributed by atoms with Crippen molar-refractivity contribution >= 4 is 87.5 Å². The van der Waals surface area contributed by atoms with Crippen LogP contribution < -0.4 is 0 Å². The normalized spacial score (nSPS) is 11.8. The number of furan rings is 2. The topological polar surface area (TPSA) is 36.1 Å². The second kappa shape index (κ2) is 15.0. The van der Waals surface area contributed by atoms with E-state index >= 15 is 0 Å². The Morgan fingerprint density at radius 1 is 0.242 bits per heavy atom. The summed E-state index contributed by atoms with van der Waals surface area (Å²) in [5, 5.41) is 9.32. The molecule has 0 radical (unpaired) electrons. The van der Waals surface area contributed by atoms with Crippen LogP contribution in [0.15, 0.2) is 227 Å². The maximum Gasteiger partial charge on any atom is 0.135 e. The van der Waals surface area contributed by atoms with Gasteiger partial charge in [0.25, 0.3) is 0 Å². The first-order valence-electron chi connectivity index (χ1n) is 22.8. The average Bonchev–Trinajstić information content (AvgIpc) is 4.14. The molecule has 0 aliphatic carbocycles. The molecular formula is C62H42N2O2. The Bertz CT molecular complexity index is 3910. The van der Waals surface area contributed by atoms with Crippen LogP contribution in [0.3, 0.4) is 0 Å². The van der Waals surface area contributed by atoms with Crippen molar-refractivity contribution in [1.29, 1.82) is 0 Å². The van der Waals surface area contributed by atoms with E-state index in [1.807, 2.05) is 13.8 Å². The van der Waals surface area contributed by atoms with Gasteiger partial charge >= 0.3 is 0 Å². The molecule has 312 valence electrons. The first kappa shape index (κ1) is 37.9. The molecule has 0 amide bonds. The first-order valence-corrected chi connectivity index (χ1v) is 22.8. The van der Waals surface area contributed by atoms with Gasteiger partial charge in [-0.25, -0.2) is 0 Å². The van der Waals surface area contributed by atoms with Gasteiger partial charge in [-0.15, -0.1) is 0 Å². The van der Waals surface area contributed by atoms with Crippen LogP contribution in [-0.4, -0.2) is 9.13 Å². The molecule has 4 heterocycles. The minimum absolute atomic E-state index is 0.886. The number of para-hydroxylation sites is 2. The standard InChI is InChI=1S/C60H36N2O2.C2H6/c1-3-11-37(12-4-1)39-21-27-57-49(33-39)51-35-43(23-29-59(51)63-57)61-53-17-9-7-15-45(53)47-31-41(19-25-55(47)61)42-20-26-56-48(32-42)46-16-8-10-18-54(46)62(56)44-24-30-60-52(36-44)50-34-40(22-28-58(50)64-60)38-13-5-2-6-14-38;1-2/h1-36H;1-2H3. The summed E-state index contributed by atoms with van der Waals surface area (Å²) in [6, 6.07) is 78.6. The quantitative estimate of drug-likeness (QED) is 0.173. The molecule has 0 spiro atoms. The summed E-state index contributed by atoms with van der Waals surface area (Å²) in [4.78, 5) is 0. The fourth-order valence-corrected chi connectivity index (χ4v) is 10.3. The lowest BCUT2D eigenvalue weighted by molar-refractivity contribution is 0.668. The third kappa shape index (κ3) is 5.85. The van der Waals surface area contributed by atoms with E-state index in [0.29, 0.717) is 0 Å². The van der Waals surface area contributed by atoms with Crippen LogP contribution in [-0.2, 0) is 0 Å². The molecule has 0 fully saturated rings. The molecule has 0 unspecified atom stereocenters. The Kier molecular flexibility index (Phi) is 8.62. The highest BCUT2D eigenvalue weighted by Crippen LogP contribution is 2.41. The minimum Gasteiger partial charge on any atom is -0.456 e. The number of hydrogen-bond acceptors (Lipinski definition) is 2. The summed E-state index contributed by atoms with van der Waals surface area (Å²) in [5.41, 5.74) is 17.5. The molecule has 4 nitrogen and oxygen atoms in total. The molecule has 0 saturated carbocycles. The Morgan fingerprint density at radius 3 is 1.00 bits per heavy atom. The molecule has 10 aromatic carbocycles. The van der Waals surface area contributed by atoms with Gasteiger partial charge in [-0.1, -0.05) is 135 Å². The number of rotatable bonds is 5. The Labute approximate surface area is 380 Å². The summed E-state index contributed by atoms with van der Waals surface area (Å²) >= 11 is 0. The largest absolute Gasteiger partial charge is 0.456 e. The van der Waals surface area contributed by atoms with E-state index in [1.54, 1.807) is 0 Å². The molecule has 14 aromatic rings. The fraction of sp³-hybridized carbons (Fsp3) is 0.0323. The number of aromatic nitrogens is 2. The minimum atomic E-state index is 0.886. The van der Waals surface area contributed by atoms with E-state index in [0.717, 1.165) is 66.3 Å². The Morgan fingerprint density at radius 2 is 0.561 bits per heavy atom. The van der Waals surface area contributed by atoms with Crippen molar-refractivity contribution in [1.82, 2.24) is 9.13 Å². The molecule has 0 aliphatic rings. The van der Waals surface area contributed by atoms with Gasteiger partial charge in [-0.2, -0.15) is 0 Å². The maximum atomic E-state index is 6.37. The summed E-state index contributed by atoms with van der Waals surface area (Å²) < 4.78 is 17.5. The maximum absolute atomic E-state index is 6.37. The predicted molar refractivity (Wildman–Crippen MR) is 277 cm³/mol. The highest BCUT2D eigenvalue weighted by atomic mass is 16.3. The average molecular weight is 847 g/mol. The number of hydrogen-bond donors (Lipinski definition) is 0. The zero-order valence-electron chi connectivity index (χ0n) is 36.5. The lowest BCUT2D eigenvalue weighted by atomic mass is 10.0.